The highest BCUT2D eigenvalue weighted by atomic mass is 16.5. The van der Waals surface area contributed by atoms with Gasteiger partial charge in [0.15, 0.2) is 0 Å². The summed E-state index contributed by atoms with van der Waals surface area (Å²) in [7, 11) is 2.19. The maximum atomic E-state index is 5.94. The van der Waals surface area contributed by atoms with Crippen LogP contribution in [0.2, 0.25) is 0 Å². The fourth-order valence-electron chi connectivity index (χ4n) is 3.63. The Morgan fingerprint density at radius 2 is 1.36 bits per heavy atom. The Morgan fingerprint density at radius 3 is 1.92 bits per heavy atom. The topological polar surface area (TPSA) is 12.5 Å². The lowest BCUT2D eigenvalue weighted by Crippen LogP contribution is -2.19. The highest BCUT2D eigenvalue weighted by molar-refractivity contribution is 4.81. The van der Waals surface area contributed by atoms with E-state index in [1.807, 2.05) is 0 Å². The lowest BCUT2D eigenvalue weighted by atomic mass is 10.1. The Kier molecular flexibility index (Phi) is 15.5. The summed E-state index contributed by atoms with van der Waals surface area (Å²) in [4.78, 5) is 2.37. The molecule has 1 aliphatic heterocycles. The molecule has 1 unspecified atom stereocenters. The van der Waals surface area contributed by atoms with E-state index in [1.165, 1.54) is 103 Å². The normalized spacial score (nSPS) is 18.6. The van der Waals surface area contributed by atoms with Gasteiger partial charge in [-0.3, -0.25) is 0 Å². The zero-order chi connectivity index (χ0) is 18.0. The summed E-state index contributed by atoms with van der Waals surface area (Å²) in [6, 6.07) is 0. The third kappa shape index (κ3) is 14.5. The van der Waals surface area contributed by atoms with Gasteiger partial charge in [-0.2, -0.15) is 0 Å². The van der Waals surface area contributed by atoms with Gasteiger partial charge in [0.1, 0.15) is 0 Å². The van der Waals surface area contributed by atoms with Gasteiger partial charge >= 0.3 is 0 Å². The van der Waals surface area contributed by atoms with Crippen molar-refractivity contribution in [3.8, 4) is 0 Å². The van der Waals surface area contributed by atoms with Crippen molar-refractivity contribution in [3.05, 3.63) is 12.2 Å². The van der Waals surface area contributed by atoms with Gasteiger partial charge in [0.25, 0.3) is 0 Å². The van der Waals surface area contributed by atoms with E-state index in [0.29, 0.717) is 6.10 Å². The van der Waals surface area contributed by atoms with Gasteiger partial charge in [0, 0.05) is 19.7 Å². The van der Waals surface area contributed by atoms with Crippen LogP contribution in [0.15, 0.2) is 12.2 Å². The quantitative estimate of drug-likeness (QED) is 0.212. The van der Waals surface area contributed by atoms with E-state index in [0.717, 1.165) is 13.2 Å². The average Bonchev–Trinajstić information content (AvgIpc) is 3.03. The van der Waals surface area contributed by atoms with Gasteiger partial charge in [-0.1, -0.05) is 76.9 Å². The van der Waals surface area contributed by atoms with Crippen molar-refractivity contribution in [1.82, 2.24) is 4.90 Å². The summed E-state index contributed by atoms with van der Waals surface area (Å²) in [5.74, 6) is 0. The standard InChI is InChI=1S/C23H45NO/c1-3-4-5-6-7-8-9-10-11-12-13-14-15-16-17-18-21-25-23-19-20-24(2)22-23/h10-11,23H,3-9,12-22H2,1-2H3/b11-10-. The van der Waals surface area contributed by atoms with E-state index < -0.39 is 0 Å². The van der Waals surface area contributed by atoms with Gasteiger partial charge in [0.2, 0.25) is 0 Å². The molecule has 1 atom stereocenters. The van der Waals surface area contributed by atoms with Gasteiger partial charge in [-0.25, -0.2) is 0 Å². The molecule has 25 heavy (non-hydrogen) atoms. The molecule has 2 nitrogen and oxygen atoms in total. The predicted octanol–water partition coefficient (Wildman–Crippen LogP) is 6.74. The number of unbranched alkanes of at least 4 members (excludes halogenated alkanes) is 12. The van der Waals surface area contributed by atoms with E-state index in [2.05, 4.69) is 31.0 Å². The molecule has 0 radical (unpaired) electrons. The lowest BCUT2D eigenvalue weighted by molar-refractivity contribution is 0.0581. The molecule has 1 fully saturated rings. The third-order valence-corrected chi connectivity index (χ3v) is 5.36. The number of allylic oxidation sites excluding steroid dienone is 2. The van der Waals surface area contributed by atoms with Crippen molar-refractivity contribution >= 4 is 0 Å². The van der Waals surface area contributed by atoms with Gasteiger partial charge in [0.05, 0.1) is 6.10 Å². The van der Waals surface area contributed by atoms with Gasteiger partial charge in [-0.05, 0) is 45.6 Å². The molecule has 0 spiro atoms. The van der Waals surface area contributed by atoms with Crippen LogP contribution < -0.4 is 0 Å². The first kappa shape index (κ1) is 22.7. The molecular weight excluding hydrogens is 306 g/mol. The Labute approximate surface area is 158 Å². The molecule has 0 bridgehead atoms. The summed E-state index contributed by atoms with van der Waals surface area (Å²) in [5.41, 5.74) is 0. The molecule has 1 saturated heterocycles. The SMILES string of the molecule is CCCCCCCC/C=C\CCCCCCCCOC1CCN(C)C1. The summed E-state index contributed by atoms with van der Waals surface area (Å²) in [6.45, 7) is 5.59. The van der Waals surface area contributed by atoms with Crippen LogP contribution in [0.4, 0.5) is 0 Å². The third-order valence-electron chi connectivity index (χ3n) is 5.36. The molecule has 0 N–H and O–H groups in total. The fourth-order valence-corrected chi connectivity index (χ4v) is 3.63. The summed E-state index contributed by atoms with van der Waals surface area (Å²) in [5, 5.41) is 0. The van der Waals surface area contributed by atoms with E-state index in [1.54, 1.807) is 0 Å². The second kappa shape index (κ2) is 17.1. The maximum Gasteiger partial charge on any atom is 0.0714 e. The predicted molar refractivity (Wildman–Crippen MR) is 111 cm³/mol. The molecule has 1 rings (SSSR count). The highest BCUT2D eigenvalue weighted by Gasteiger charge is 2.19. The van der Waals surface area contributed by atoms with E-state index in [4.69, 9.17) is 4.74 Å². The monoisotopic (exact) mass is 351 g/mol. The second-order valence-corrected chi connectivity index (χ2v) is 7.98. The zero-order valence-corrected chi connectivity index (χ0v) is 17.3. The first-order valence-electron chi connectivity index (χ1n) is 11.3. The molecular formula is C23H45NO. The largest absolute Gasteiger partial charge is 0.377 e. The molecule has 0 aromatic rings. The van der Waals surface area contributed by atoms with Crippen molar-refractivity contribution in [1.29, 1.82) is 0 Å². The fraction of sp³-hybridized carbons (Fsp3) is 0.913. The van der Waals surface area contributed by atoms with Crippen molar-refractivity contribution in [2.75, 3.05) is 26.7 Å². The van der Waals surface area contributed by atoms with Crippen LogP contribution in [-0.2, 0) is 4.74 Å². The summed E-state index contributed by atoms with van der Waals surface area (Å²) >= 11 is 0. The number of ether oxygens (including phenoxy) is 1. The van der Waals surface area contributed by atoms with Crippen LogP contribution in [-0.4, -0.2) is 37.7 Å². The van der Waals surface area contributed by atoms with Crippen LogP contribution in [0.1, 0.15) is 103 Å². The second-order valence-electron chi connectivity index (χ2n) is 7.98. The smallest absolute Gasteiger partial charge is 0.0714 e. The number of hydrogen-bond donors (Lipinski definition) is 0. The van der Waals surface area contributed by atoms with Gasteiger partial charge < -0.3 is 9.64 Å². The Morgan fingerprint density at radius 1 is 0.800 bits per heavy atom. The van der Waals surface area contributed by atoms with E-state index in [-0.39, 0.29) is 0 Å². The number of nitrogens with zero attached hydrogens (tertiary/aromatic N) is 1. The van der Waals surface area contributed by atoms with Crippen LogP contribution >= 0.6 is 0 Å². The molecule has 0 amide bonds. The molecule has 148 valence electrons. The Hall–Kier alpha value is -0.340. The number of likely N-dealkylation sites (N-methyl/N-ethyl adjacent to an activating group) is 1. The van der Waals surface area contributed by atoms with Crippen LogP contribution in [0.5, 0.6) is 0 Å². The first-order chi connectivity index (χ1) is 12.3. The summed E-state index contributed by atoms with van der Waals surface area (Å²) < 4.78 is 5.94. The Balaban J connectivity index is 1.71. The first-order valence-corrected chi connectivity index (χ1v) is 11.3. The van der Waals surface area contributed by atoms with Crippen LogP contribution in [0.3, 0.4) is 0 Å². The van der Waals surface area contributed by atoms with Crippen molar-refractivity contribution in [2.45, 2.75) is 109 Å². The molecule has 0 aliphatic carbocycles. The molecule has 0 aromatic heterocycles. The minimum Gasteiger partial charge on any atom is -0.377 e. The molecule has 1 heterocycles. The number of likely N-dealkylation sites (tertiary alicyclic amines) is 1. The molecule has 0 aromatic carbocycles. The minimum atomic E-state index is 0.508. The summed E-state index contributed by atoms with van der Waals surface area (Å²) in [6.07, 6.45) is 25.7. The van der Waals surface area contributed by atoms with E-state index in [9.17, 15) is 0 Å². The van der Waals surface area contributed by atoms with Crippen LogP contribution in [0.25, 0.3) is 0 Å². The van der Waals surface area contributed by atoms with Crippen molar-refractivity contribution < 1.29 is 4.74 Å². The highest BCUT2D eigenvalue weighted by Crippen LogP contribution is 2.13. The van der Waals surface area contributed by atoms with Crippen molar-refractivity contribution in [3.63, 3.8) is 0 Å². The molecule has 0 saturated carbocycles. The van der Waals surface area contributed by atoms with Gasteiger partial charge in [-0.15, -0.1) is 0 Å². The zero-order valence-electron chi connectivity index (χ0n) is 17.3. The van der Waals surface area contributed by atoms with Crippen molar-refractivity contribution in [2.24, 2.45) is 0 Å². The molecule has 1 aliphatic rings. The number of hydrogen-bond acceptors (Lipinski definition) is 2. The molecule has 2 heteroatoms. The Bertz CT molecular complexity index is 302. The average molecular weight is 352 g/mol. The lowest BCUT2D eigenvalue weighted by Gasteiger charge is -2.11. The van der Waals surface area contributed by atoms with E-state index >= 15 is 0 Å². The van der Waals surface area contributed by atoms with Crippen LogP contribution in [0, 0.1) is 0 Å². The minimum absolute atomic E-state index is 0.508. The number of rotatable bonds is 17. The maximum absolute atomic E-state index is 5.94.